The summed E-state index contributed by atoms with van der Waals surface area (Å²) in [5.74, 6) is -0.376. The van der Waals surface area contributed by atoms with Gasteiger partial charge in [0.05, 0.1) is 19.2 Å². The molecule has 0 atom stereocenters. The molecule has 0 fully saturated rings. The van der Waals surface area contributed by atoms with Gasteiger partial charge in [0.2, 0.25) is 5.91 Å². The summed E-state index contributed by atoms with van der Waals surface area (Å²) in [7, 11) is 1.51. The van der Waals surface area contributed by atoms with Crippen molar-refractivity contribution >= 4 is 50.7 Å². The van der Waals surface area contributed by atoms with E-state index in [1.54, 1.807) is 18.2 Å². The number of aromatic nitrogens is 1. The number of carbonyl (C=O) groups excluding carboxylic acids is 2. The molecule has 0 saturated carbocycles. The summed E-state index contributed by atoms with van der Waals surface area (Å²) in [4.78, 5) is 30.1. The number of amides is 2. The van der Waals surface area contributed by atoms with Crippen LogP contribution in [-0.2, 0) is 11.2 Å². The lowest BCUT2D eigenvalue weighted by atomic mass is 10.1. The molecule has 0 aliphatic rings. The minimum absolute atomic E-state index is 0.00816. The van der Waals surface area contributed by atoms with E-state index >= 15 is 0 Å². The van der Waals surface area contributed by atoms with Crippen molar-refractivity contribution in [2.75, 3.05) is 12.8 Å². The molecule has 0 radical (unpaired) electrons. The van der Waals surface area contributed by atoms with E-state index in [9.17, 15) is 9.59 Å². The van der Waals surface area contributed by atoms with E-state index < -0.39 is 11.8 Å². The number of anilines is 1. The minimum atomic E-state index is -0.496. The number of methoxy groups -OCH3 is 1. The highest BCUT2D eigenvalue weighted by Crippen LogP contribution is 2.34. The predicted molar refractivity (Wildman–Crippen MR) is 111 cm³/mol. The predicted octanol–water partition coefficient (Wildman–Crippen LogP) is 3.16. The van der Waals surface area contributed by atoms with Crippen molar-refractivity contribution < 1.29 is 14.3 Å². The third kappa shape index (κ3) is 4.02. The highest BCUT2D eigenvalue weighted by Gasteiger charge is 2.19. The van der Waals surface area contributed by atoms with Crippen LogP contribution in [-0.4, -0.2) is 23.9 Å². The van der Waals surface area contributed by atoms with Crippen molar-refractivity contribution in [2.24, 2.45) is 0 Å². The molecule has 0 aliphatic heterocycles. The Kier molecular flexibility index (Phi) is 5.71. The Morgan fingerprint density at radius 3 is 2.71 bits per heavy atom. The molecule has 0 spiro atoms. The number of nitrogen functional groups attached to an aromatic ring is 1. The number of pyridine rings is 1. The number of ether oxygens (including phenoxy) is 1. The van der Waals surface area contributed by atoms with Crippen LogP contribution < -0.4 is 21.3 Å². The van der Waals surface area contributed by atoms with Crippen LogP contribution in [0.25, 0.3) is 10.2 Å². The quantitative estimate of drug-likeness (QED) is 0.564. The van der Waals surface area contributed by atoms with Crippen molar-refractivity contribution in [2.45, 2.75) is 20.3 Å². The van der Waals surface area contributed by atoms with Crippen LogP contribution in [0.2, 0.25) is 5.02 Å². The molecule has 0 saturated heterocycles. The Morgan fingerprint density at radius 2 is 2.00 bits per heavy atom. The summed E-state index contributed by atoms with van der Waals surface area (Å²) in [6.45, 7) is 3.80. The second-order valence-corrected chi connectivity index (χ2v) is 7.68. The van der Waals surface area contributed by atoms with Crippen molar-refractivity contribution in [1.29, 1.82) is 0 Å². The number of hydrogen-bond acceptors (Lipinski definition) is 6. The first-order valence-corrected chi connectivity index (χ1v) is 9.57. The maximum atomic E-state index is 12.5. The van der Waals surface area contributed by atoms with Gasteiger partial charge >= 0.3 is 0 Å². The number of thiophene rings is 1. The molecule has 0 aliphatic carbocycles. The first-order chi connectivity index (χ1) is 13.3. The van der Waals surface area contributed by atoms with Crippen LogP contribution in [0.15, 0.2) is 24.3 Å². The van der Waals surface area contributed by atoms with Crippen molar-refractivity contribution in [3.8, 4) is 5.75 Å². The lowest BCUT2D eigenvalue weighted by molar-refractivity contribution is -0.121. The summed E-state index contributed by atoms with van der Waals surface area (Å²) in [6.07, 6.45) is -0.00816. The largest absolute Gasteiger partial charge is 0.496 e. The fourth-order valence-corrected chi connectivity index (χ4v) is 4.23. The van der Waals surface area contributed by atoms with Crippen molar-refractivity contribution in [3.05, 3.63) is 51.0 Å². The topological polar surface area (TPSA) is 106 Å². The SMILES string of the molecule is COc1ccc(Cl)cc1CC(=O)NNC(=O)c1sc2nc(C)cc(C)c2c1N. The Morgan fingerprint density at radius 1 is 1.25 bits per heavy atom. The average Bonchev–Trinajstić information content (AvgIpc) is 2.96. The van der Waals surface area contributed by atoms with E-state index in [2.05, 4.69) is 15.8 Å². The second kappa shape index (κ2) is 8.04. The number of carbonyl (C=O) groups is 2. The Bertz CT molecular complexity index is 1080. The number of hydrogen-bond donors (Lipinski definition) is 3. The molecule has 146 valence electrons. The van der Waals surface area contributed by atoms with E-state index in [0.717, 1.165) is 16.6 Å². The zero-order valence-corrected chi connectivity index (χ0v) is 17.1. The molecule has 28 heavy (non-hydrogen) atoms. The normalized spacial score (nSPS) is 10.7. The van der Waals surface area contributed by atoms with Gasteiger partial charge in [-0.15, -0.1) is 11.3 Å². The highest BCUT2D eigenvalue weighted by atomic mass is 35.5. The monoisotopic (exact) mass is 418 g/mol. The van der Waals surface area contributed by atoms with Crippen LogP contribution >= 0.6 is 22.9 Å². The third-order valence-electron chi connectivity index (χ3n) is 4.14. The van der Waals surface area contributed by atoms with Crippen LogP contribution in [0.1, 0.15) is 26.5 Å². The lowest BCUT2D eigenvalue weighted by Gasteiger charge is -2.10. The van der Waals surface area contributed by atoms with E-state index in [0.29, 0.717) is 31.7 Å². The summed E-state index contributed by atoms with van der Waals surface area (Å²) >= 11 is 7.16. The molecule has 3 rings (SSSR count). The number of halogens is 1. The fourth-order valence-electron chi connectivity index (χ4n) is 2.92. The molecule has 2 aromatic heterocycles. The number of benzene rings is 1. The third-order valence-corrected chi connectivity index (χ3v) is 5.47. The van der Waals surface area contributed by atoms with E-state index in [-0.39, 0.29) is 6.42 Å². The summed E-state index contributed by atoms with van der Waals surface area (Å²) in [6, 6.07) is 6.90. The Balaban J connectivity index is 1.72. The van der Waals surface area contributed by atoms with Gasteiger partial charge in [0.25, 0.3) is 5.91 Å². The van der Waals surface area contributed by atoms with Crippen LogP contribution in [0, 0.1) is 13.8 Å². The molecule has 9 heteroatoms. The number of fused-ring (bicyclic) bond motifs is 1. The van der Waals surface area contributed by atoms with Crippen molar-refractivity contribution in [1.82, 2.24) is 15.8 Å². The van der Waals surface area contributed by atoms with Gasteiger partial charge in [0, 0.05) is 21.7 Å². The molecule has 2 amide bonds. The van der Waals surface area contributed by atoms with Crippen LogP contribution in [0.5, 0.6) is 5.75 Å². The Hall–Kier alpha value is -2.84. The van der Waals surface area contributed by atoms with E-state index in [1.807, 2.05) is 19.9 Å². The summed E-state index contributed by atoms with van der Waals surface area (Å²) in [5, 5.41) is 1.25. The number of rotatable bonds is 4. The Labute approximate surface area is 170 Å². The van der Waals surface area contributed by atoms with Gasteiger partial charge in [-0.1, -0.05) is 11.6 Å². The average molecular weight is 419 g/mol. The van der Waals surface area contributed by atoms with Crippen molar-refractivity contribution in [3.63, 3.8) is 0 Å². The van der Waals surface area contributed by atoms with Gasteiger partial charge < -0.3 is 10.5 Å². The van der Waals surface area contributed by atoms with Gasteiger partial charge in [0.15, 0.2) is 0 Å². The van der Waals surface area contributed by atoms with Gasteiger partial charge in [-0.05, 0) is 43.7 Å². The first kappa shape index (κ1) is 19.9. The first-order valence-electron chi connectivity index (χ1n) is 8.38. The molecule has 3 aromatic rings. The zero-order chi connectivity index (χ0) is 20.4. The summed E-state index contributed by atoms with van der Waals surface area (Å²) < 4.78 is 5.22. The summed E-state index contributed by atoms with van der Waals surface area (Å²) in [5.41, 5.74) is 13.7. The van der Waals surface area contributed by atoms with E-state index in [1.165, 1.54) is 18.4 Å². The van der Waals surface area contributed by atoms with Gasteiger partial charge in [-0.25, -0.2) is 4.98 Å². The maximum Gasteiger partial charge on any atom is 0.281 e. The molecular weight excluding hydrogens is 400 g/mol. The lowest BCUT2D eigenvalue weighted by Crippen LogP contribution is -2.42. The second-order valence-electron chi connectivity index (χ2n) is 6.24. The van der Waals surface area contributed by atoms with Gasteiger partial charge in [-0.3, -0.25) is 20.4 Å². The highest BCUT2D eigenvalue weighted by molar-refractivity contribution is 7.21. The number of nitrogens with one attached hydrogen (secondary N) is 2. The van der Waals surface area contributed by atoms with E-state index in [4.69, 9.17) is 22.1 Å². The number of nitrogens with zero attached hydrogens (tertiary/aromatic N) is 1. The maximum absolute atomic E-state index is 12.5. The molecule has 1 aromatic carbocycles. The minimum Gasteiger partial charge on any atom is -0.496 e. The zero-order valence-electron chi connectivity index (χ0n) is 15.6. The number of aryl methyl sites for hydroxylation is 2. The number of hydrazine groups is 1. The van der Waals surface area contributed by atoms with Gasteiger partial charge in [-0.2, -0.15) is 0 Å². The molecule has 0 unspecified atom stereocenters. The standard InChI is InChI=1S/C19H19ClN4O3S/c1-9-6-10(2)22-19-15(9)16(21)17(28-19)18(26)24-23-14(25)8-11-7-12(20)4-5-13(11)27-3/h4-7H,8,21H2,1-3H3,(H,23,25)(H,24,26). The van der Waals surface area contributed by atoms with Crippen LogP contribution in [0.3, 0.4) is 0 Å². The molecule has 0 bridgehead atoms. The van der Waals surface area contributed by atoms with Gasteiger partial charge in [0.1, 0.15) is 15.5 Å². The molecular formula is C19H19ClN4O3S. The molecule has 2 heterocycles. The smallest absolute Gasteiger partial charge is 0.281 e. The number of nitrogens with two attached hydrogens (primary N) is 1. The molecule has 7 nitrogen and oxygen atoms in total. The fraction of sp³-hybridized carbons (Fsp3) is 0.211. The molecule has 4 N–H and O–H groups in total. The van der Waals surface area contributed by atoms with Crippen LogP contribution in [0.4, 0.5) is 5.69 Å².